The van der Waals surface area contributed by atoms with Crippen molar-refractivity contribution in [2.75, 3.05) is 19.7 Å². The molecule has 1 aromatic rings. The molecule has 0 aliphatic carbocycles. The number of nitrogens with one attached hydrogen (secondary N) is 1. The second-order valence-electron chi connectivity index (χ2n) is 5.12. The molecule has 19 heavy (non-hydrogen) atoms. The van der Waals surface area contributed by atoms with Crippen LogP contribution < -0.4 is 10.1 Å². The number of benzene rings is 1. The maximum absolute atomic E-state index is 10.6. The minimum Gasteiger partial charge on any atom is -0.493 e. The van der Waals surface area contributed by atoms with Crippen molar-refractivity contribution < 1.29 is 9.84 Å². The van der Waals surface area contributed by atoms with Crippen LogP contribution in [0.25, 0.3) is 0 Å². The van der Waals surface area contributed by atoms with Crippen LogP contribution in [0, 0.1) is 0 Å². The lowest BCUT2D eigenvalue weighted by atomic mass is 9.91. The van der Waals surface area contributed by atoms with Gasteiger partial charge in [0.25, 0.3) is 0 Å². The van der Waals surface area contributed by atoms with Crippen molar-refractivity contribution >= 4 is 0 Å². The summed E-state index contributed by atoms with van der Waals surface area (Å²) in [5, 5.41) is 14.0. The number of aliphatic hydroxyl groups is 1. The first-order chi connectivity index (χ1) is 9.11. The van der Waals surface area contributed by atoms with Gasteiger partial charge in [-0.25, -0.2) is 0 Å². The molecule has 0 radical (unpaired) electrons. The van der Waals surface area contributed by atoms with E-state index >= 15 is 0 Å². The Bertz CT molecular complexity index is 364. The van der Waals surface area contributed by atoms with Gasteiger partial charge >= 0.3 is 0 Å². The van der Waals surface area contributed by atoms with Crippen molar-refractivity contribution in [3.8, 4) is 5.75 Å². The zero-order chi connectivity index (χ0) is 14.1. The second-order valence-corrected chi connectivity index (χ2v) is 5.12. The molecular weight excluding hydrogens is 238 g/mol. The molecule has 0 saturated heterocycles. The van der Waals surface area contributed by atoms with E-state index in [1.165, 1.54) is 0 Å². The van der Waals surface area contributed by atoms with Gasteiger partial charge in [-0.3, -0.25) is 0 Å². The summed E-state index contributed by atoms with van der Waals surface area (Å²) in [5.74, 6) is 0.796. The molecule has 0 amide bonds. The summed E-state index contributed by atoms with van der Waals surface area (Å²) in [6.45, 7) is 8.55. The highest BCUT2D eigenvalue weighted by molar-refractivity contribution is 5.37. The molecule has 0 aromatic heterocycles. The molecule has 0 bridgehead atoms. The monoisotopic (exact) mass is 265 g/mol. The van der Waals surface area contributed by atoms with E-state index in [0.717, 1.165) is 37.2 Å². The van der Waals surface area contributed by atoms with E-state index in [2.05, 4.69) is 19.2 Å². The molecule has 0 aliphatic heterocycles. The van der Waals surface area contributed by atoms with Crippen LogP contribution in [0.2, 0.25) is 0 Å². The molecule has 2 N–H and O–H groups in total. The average molecular weight is 265 g/mol. The largest absolute Gasteiger partial charge is 0.493 e. The number of hydrogen-bond donors (Lipinski definition) is 2. The highest BCUT2D eigenvalue weighted by atomic mass is 16.5. The van der Waals surface area contributed by atoms with Gasteiger partial charge in [-0.05, 0) is 45.3 Å². The van der Waals surface area contributed by atoms with Gasteiger partial charge in [0.2, 0.25) is 0 Å². The zero-order valence-corrected chi connectivity index (χ0v) is 12.4. The van der Waals surface area contributed by atoms with Crippen LogP contribution in [0.1, 0.15) is 45.6 Å². The summed E-state index contributed by atoms with van der Waals surface area (Å²) in [6.07, 6.45) is 2.76. The first-order valence-corrected chi connectivity index (χ1v) is 7.27. The quantitative estimate of drug-likeness (QED) is 0.674. The van der Waals surface area contributed by atoms with Crippen LogP contribution in [0.3, 0.4) is 0 Å². The molecule has 3 heteroatoms. The second kappa shape index (κ2) is 8.18. The van der Waals surface area contributed by atoms with Crippen LogP contribution in [0.4, 0.5) is 0 Å². The lowest BCUT2D eigenvalue weighted by Gasteiger charge is -2.26. The Labute approximate surface area is 117 Å². The van der Waals surface area contributed by atoms with Crippen molar-refractivity contribution in [2.45, 2.75) is 45.6 Å². The molecule has 1 rings (SSSR count). The predicted molar refractivity (Wildman–Crippen MR) is 79.6 cm³/mol. The summed E-state index contributed by atoms with van der Waals surface area (Å²) >= 11 is 0. The third-order valence-electron chi connectivity index (χ3n) is 3.14. The Balaban J connectivity index is 2.69. The molecule has 0 aliphatic rings. The fourth-order valence-electron chi connectivity index (χ4n) is 2.02. The molecule has 0 fully saturated rings. The van der Waals surface area contributed by atoms with Crippen molar-refractivity contribution in [1.29, 1.82) is 0 Å². The number of ether oxygens (including phenoxy) is 1. The molecular formula is C16H27NO2. The van der Waals surface area contributed by atoms with Crippen molar-refractivity contribution in [2.24, 2.45) is 0 Å². The predicted octanol–water partition coefficient (Wildman–Crippen LogP) is 3.07. The van der Waals surface area contributed by atoms with Crippen LogP contribution in [-0.2, 0) is 5.60 Å². The third-order valence-corrected chi connectivity index (χ3v) is 3.14. The fourth-order valence-corrected chi connectivity index (χ4v) is 2.02. The average Bonchev–Trinajstić information content (AvgIpc) is 2.41. The Morgan fingerprint density at radius 1 is 1.16 bits per heavy atom. The molecule has 3 nitrogen and oxygen atoms in total. The minimum absolute atomic E-state index is 0.680. The van der Waals surface area contributed by atoms with E-state index in [1.807, 2.05) is 31.2 Å². The first kappa shape index (κ1) is 16.0. The normalized spacial score (nSPS) is 14.1. The smallest absolute Gasteiger partial charge is 0.125 e. The SMILES string of the molecule is CCCNCCC(C)(O)c1ccccc1OCCC. The Morgan fingerprint density at radius 2 is 1.89 bits per heavy atom. The van der Waals surface area contributed by atoms with Gasteiger partial charge < -0.3 is 15.2 Å². The van der Waals surface area contributed by atoms with E-state index in [1.54, 1.807) is 0 Å². The fraction of sp³-hybridized carbons (Fsp3) is 0.625. The molecule has 0 saturated carbocycles. The van der Waals surface area contributed by atoms with Crippen LogP contribution in [0.5, 0.6) is 5.75 Å². The van der Waals surface area contributed by atoms with Gasteiger partial charge in [0, 0.05) is 5.56 Å². The molecule has 0 spiro atoms. The standard InChI is InChI=1S/C16H27NO2/c1-4-11-17-12-10-16(3,18)14-8-6-7-9-15(14)19-13-5-2/h6-9,17-18H,4-5,10-13H2,1-3H3. The van der Waals surface area contributed by atoms with E-state index in [4.69, 9.17) is 4.74 Å². The van der Waals surface area contributed by atoms with Crippen molar-refractivity contribution in [3.63, 3.8) is 0 Å². The number of rotatable bonds is 9. The summed E-state index contributed by atoms with van der Waals surface area (Å²) in [7, 11) is 0. The third kappa shape index (κ3) is 5.21. The van der Waals surface area contributed by atoms with Crippen molar-refractivity contribution in [3.05, 3.63) is 29.8 Å². The maximum atomic E-state index is 10.6. The van der Waals surface area contributed by atoms with Gasteiger partial charge in [-0.15, -0.1) is 0 Å². The number of hydrogen-bond acceptors (Lipinski definition) is 3. The molecule has 1 atom stereocenters. The Kier molecular flexibility index (Phi) is 6.89. The minimum atomic E-state index is -0.856. The first-order valence-electron chi connectivity index (χ1n) is 7.27. The maximum Gasteiger partial charge on any atom is 0.125 e. The number of para-hydroxylation sites is 1. The van der Waals surface area contributed by atoms with Crippen LogP contribution >= 0.6 is 0 Å². The summed E-state index contributed by atoms with van der Waals surface area (Å²) in [6, 6.07) is 7.77. The van der Waals surface area contributed by atoms with Crippen LogP contribution in [-0.4, -0.2) is 24.8 Å². The Hall–Kier alpha value is -1.06. The van der Waals surface area contributed by atoms with E-state index in [9.17, 15) is 5.11 Å². The van der Waals surface area contributed by atoms with Gasteiger partial charge in [-0.2, -0.15) is 0 Å². The molecule has 0 heterocycles. The van der Waals surface area contributed by atoms with Gasteiger partial charge in [0.05, 0.1) is 12.2 Å². The molecule has 108 valence electrons. The topological polar surface area (TPSA) is 41.5 Å². The summed E-state index contributed by atoms with van der Waals surface area (Å²) in [5.41, 5.74) is 0.0205. The summed E-state index contributed by atoms with van der Waals surface area (Å²) < 4.78 is 5.72. The Morgan fingerprint density at radius 3 is 2.58 bits per heavy atom. The zero-order valence-electron chi connectivity index (χ0n) is 12.4. The van der Waals surface area contributed by atoms with E-state index < -0.39 is 5.60 Å². The van der Waals surface area contributed by atoms with E-state index in [0.29, 0.717) is 13.0 Å². The van der Waals surface area contributed by atoms with Crippen LogP contribution in [0.15, 0.2) is 24.3 Å². The van der Waals surface area contributed by atoms with E-state index in [-0.39, 0.29) is 0 Å². The van der Waals surface area contributed by atoms with Gasteiger partial charge in [-0.1, -0.05) is 32.0 Å². The van der Waals surface area contributed by atoms with Crippen molar-refractivity contribution in [1.82, 2.24) is 5.32 Å². The lowest BCUT2D eigenvalue weighted by Crippen LogP contribution is -2.28. The van der Waals surface area contributed by atoms with Gasteiger partial charge in [0.15, 0.2) is 0 Å². The van der Waals surface area contributed by atoms with Gasteiger partial charge in [0.1, 0.15) is 5.75 Å². The molecule has 1 unspecified atom stereocenters. The highest BCUT2D eigenvalue weighted by Gasteiger charge is 2.26. The molecule has 1 aromatic carbocycles. The highest BCUT2D eigenvalue weighted by Crippen LogP contribution is 2.32. The summed E-state index contributed by atoms with van der Waals surface area (Å²) in [4.78, 5) is 0. The lowest BCUT2D eigenvalue weighted by molar-refractivity contribution is 0.0448.